The Morgan fingerprint density at radius 3 is 3.06 bits per heavy atom. The van der Waals surface area contributed by atoms with Crippen LogP contribution in [0.3, 0.4) is 0 Å². The lowest BCUT2D eigenvalue weighted by molar-refractivity contribution is 0.178. The van der Waals surface area contributed by atoms with Crippen molar-refractivity contribution in [3.8, 4) is 0 Å². The molecule has 1 aliphatic heterocycles. The highest BCUT2D eigenvalue weighted by atomic mass is 79.9. The van der Waals surface area contributed by atoms with Crippen LogP contribution in [0, 0.1) is 11.7 Å². The van der Waals surface area contributed by atoms with Gasteiger partial charge in [0, 0.05) is 19.2 Å². The maximum Gasteiger partial charge on any atom is 0.137 e. The van der Waals surface area contributed by atoms with Crippen LogP contribution in [0.2, 0.25) is 0 Å². The van der Waals surface area contributed by atoms with Crippen LogP contribution in [-0.2, 0) is 11.3 Å². The molecule has 0 spiro atoms. The lowest BCUT2D eigenvalue weighted by Crippen LogP contribution is -2.33. The molecule has 1 aromatic carbocycles. The fourth-order valence-corrected chi connectivity index (χ4v) is 2.47. The molecule has 2 atom stereocenters. The molecule has 1 N–H and O–H groups in total. The Balaban J connectivity index is 1.86. The van der Waals surface area contributed by atoms with Crippen LogP contribution in [0.5, 0.6) is 0 Å². The quantitative estimate of drug-likeness (QED) is 0.923. The highest BCUT2D eigenvalue weighted by Crippen LogP contribution is 2.19. The van der Waals surface area contributed by atoms with E-state index in [9.17, 15) is 4.39 Å². The Morgan fingerprint density at radius 2 is 2.41 bits per heavy atom. The number of rotatable bonds is 4. The number of hydrogen-bond donors (Lipinski definition) is 1. The van der Waals surface area contributed by atoms with Crippen molar-refractivity contribution >= 4 is 15.9 Å². The summed E-state index contributed by atoms with van der Waals surface area (Å²) in [5.74, 6) is 0.380. The Morgan fingerprint density at radius 1 is 1.59 bits per heavy atom. The Bertz CT molecular complexity index is 380. The number of halogens is 2. The van der Waals surface area contributed by atoms with E-state index in [0.29, 0.717) is 16.4 Å². The molecule has 0 amide bonds. The van der Waals surface area contributed by atoms with Gasteiger partial charge < -0.3 is 10.1 Å². The Kier molecular flexibility index (Phi) is 4.54. The summed E-state index contributed by atoms with van der Waals surface area (Å²) in [6, 6.07) is 5.55. The van der Waals surface area contributed by atoms with Crippen LogP contribution in [0.15, 0.2) is 22.7 Å². The summed E-state index contributed by atoms with van der Waals surface area (Å²) in [5.41, 5.74) is 1.09. The summed E-state index contributed by atoms with van der Waals surface area (Å²) in [7, 11) is 0. The molecular weight excluding hydrogens is 285 g/mol. The minimum absolute atomic E-state index is 0.217. The van der Waals surface area contributed by atoms with Gasteiger partial charge in [-0.25, -0.2) is 4.39 Å². The molecule has 1 aliphatic rings. The fourth-order valence-electron chi connectivity index (χ4n) is 2.04. The number of ether oxygens (including phenoxy) is 1. The first kappa shape index (κ1) is 13.0. The second kappa shape index (κ2) is 5.94. The standard InChI is InChI=1S/C13H17BrFNO/c1-9(11-4-5-17-8-11)16-7-10-2-3-13(15)12(14)6-10/h2-3,6,9,11,16H,4-5,7-8H2,1H3. The van der Waals surface area contributed by atoms with Crippen molar-refractivity contribution in [2.45, 2.75) is 25.9 Å². The van der Waals surface area contributed by atoms with E-state index in [4.69, 9.17) is 4.74 Å². The van der Waals surface area contributed by atoms with E-state index in [0.717, 1.165) is 31.7 Å². The molecule has 0 saturated carbocycles. The molecule has 17 heavy (non-hydrogen) atoms. The van der Waals surface area contributed by atoms with Crippen molar-refractivity contribution in [2.75, 3.05) is 13.2 Å². The third-order valence-corrected chi connectivity index (χ3v) is 3.89. The van der Waals surface area contributed by atoms with Crippen LogP contribution in [0.1, 0.15) is 18.9 Å². The highest BCUT2D eigenvalue weighted by molar-refractivity contribution is 9.10. The number of benzene rings is 1. The Labute approximate surface area is 110 Å². The number of nitrogens with one attached hydrogen (secondary N) is 1. The first-order valence-electron chi connectivity index (χ1n) is 5.92. The minimum atomic E-state index is -0.217. The van der Waals surface area contributed by atoms with Crippen LogP contribution in [0.4, 0.5) is 4.39 Å². The zero-order chi connectivity index (χ0) is 12.3. The lowest BCUT2D eigenvalue weighted by Gasteiger charge is -2.19. The zero-order valence-corrected chi connectivity index (χ0v) is 11.5. The zero-order valence-electron chi connectivity index (χ0n) is 9.88. The van der Waals surface area contributed by atoms with Crippen LogP contribution < -0.4 is 5.32 Å². The van der Waals surface area contributed by atoms with Gasteiger partial charge in [0.2, 0.25) is 0 Å². The van der Waals surface area contributed by atoms with E-state index < -0.39 is 0 Å². The fraction of sp³-hybridized carbons (Fsp3) is 0.538. The average Bonchev–Trinajstić information content (AvgIpc) is 2.84. The predicted octanol–water partition coefficient (Wildman–Crippen LogP) is 3.10. The van der Waals surface area contributed by atoms with E-state index in [1.165, 1.54) is 6.07 Å². The molecule has 2 unspecified atom stereocenters. The second-order valence-electron chi connectivity index (χ2n) is 4.54. The highest BCUT2D eigenvalue weighted by Gasteiger charge is 2.21. The van der Waals surface area contributed by atoms with E-state index in [1.54, 1.807) is 0 Å². The van der Waals surface area contributed by atoms with Gasteiger partial charge in [0.15, 0.2) is 0 Å². The molecule has 1 aromatic rings. The predicted molar refractivity (Wildman–Crippen MR) is 69.3 cm³/mol. The first-order chi connectivity index (χ1) is 8.16. The molecule has 1 heterocycles. The topological polar surface area (TPSA) is 21.3 Å². The second-order valence-corrected chi connectivity index (χ2v) is 5.40. The summed E-state index contributed by atoms with van der Waals surface area (Å²) >= 11 is 3.20. The van der Waals surface area contributed by atoms with Crippen molar-refractivity contribution in [2.24, 2.45) is 5.92 Å². The van der Waals surface area contributed by atoms with E-state index in [-0.39, 0.29) is 5.82 Å². The normalized spacial score (nSPS) is 21.7. The van der Waals surface area contributed by atoms with E-state index in [1.807, 2.05) is 12.1 Å². The molecule has 1 fully saturated rings. The summed E-state index contributed by atoms with van der Waals surface area (Å²) in [5, 5.41) is 3.46. The van der Waals surface area contributed by atoms with Crippen molar-refractivity contribution < 1.29 is 9.13 Å². The molecule has 4 heteroatoms. The van der Waals surface area contributed by atoms with E-state index >= 15 is 0 Å². The first-order valence-corrected chi connectivity index (χ1v) is 6.71. The van der Waals surface area contributed by atoms with Gasteiger partial charge in [-0.15, -0.1) is 0 Å². The third kappa shape index (κ3) is 3.50. The van der Waals surface area contributed by atoms with Gasteiger partial charge in [-0.1, -0.05) is 6.07 Å². The SMILES string of the molecule is CC(NCc1ccc(F)c(Br)c1)C1CCOC1. The summed E-state index contributed by atoms with van der Waals surface area (Å²) in [6.07, 6.45) is 1.13. The molecule has 2 rings (SSSR count). The summed E-state index contributed by atoms with van der Waals surface area (Å²) < 4.78 is 18.9. The number of hydrogen-bond acceptors (Lipinski definition) is 2. The van der Waals surface area contributed by atoms with Gasteiger partial charge in [0.1, 0.15) is 5.82 Å². The third-order valence-electron chi connectivity index (χ3n) is 3.28. The van der Waals surface area contributed by atoms with Crippen molar-refractivity contribution in [1.82, 2.24) is 5.32 Å². The molecule has 0 aliphatic carbocycles. The minimum Gasteiger partial charge on any atom is -0.381 e. The maximum atomic E-state index is 13.1. The van der Waals surface area contributed by atoms with Crippen LogP contribution in [-0.4, -0.2) is 19.3 Å². The molecule has 0 radical (unpaired) electrons. The van der Waals surface area contributed by atoms with Gasteiger partial charge in [0.05, 0.1) is 11.1 Å². The summed E-state index contributed by atoms with van der Waals surface area (Å²) in [6.45, 7) is 4.66. The van der Waals surface area contributed by atoms with Gasteiger partial charge in [-0.05, 0) is 52.9 Å². The molecule has 0 aromatic heterocycles. The molecule has 2 nitrogen and oxygen atoms in total. The van der Waals surface area contributed by atoms with Crippen LogP contribution >= 0.6 is 15.9 Å². The largest absolute Gasteiger partial charge is 0.381 e. The summed E-state index contributed by atoms with van der Waals surface area (Å²) in [4.78, 5) is 0. The van der Waals surface area contributed by atoms with Crippen molar-refractivity contribution in [3.63, 3.8) is 0 Å². The monoisotopic (exact) mass is 301 g/mol. The van der Waals surface area contributed by atoms with Gasteiger partial charge in [-0.3, -0.25) is 0 Å². The van der Waals surface area contributed by atoms with Crippen molar-refractivity contribution in [1.29, 1.82) is 0 Å². The van der Waals surface area contributed by atoms with Gasteiger partial charge >= 0.3 is 0 Å². The van der Waals surface area contributed by atoms with E-state index in [2.05, 4.69) is 28.2 Å². The maximum absolute atomic E-state index is 13.1. The van der Waals surface area contributed by atoms with Gasteiger partial charge in [-0.2, -0.15) is 0 Å². The molecule has 1 saturated heterocycles. The molecule has 0 bridgehead atoms. The Hall–Kier alpha value is -0.450. The van der Waals surface area contributed by atoms with Crippen molar-refractivity contribution in [3.05, 3.63) is 34.1 Å². The molecule has 94 valence electrons. The average molecular weight is 302 g/mol. The van der Waals surface area contributed by atoms with Crippen LogP contribution in [0.25, 0.3) is 0 Å². The molecular formula is C13H17BrFNO. The van der Waals surface area contributed by atoms with Gasteiger partial charge in [0.25, 0.3) is 0 Å². The smallest absolute Gasteiger partial charge is 0.137 e. The lowest BCUT2D eigenvalue weighted by atomic mass is 10.0.